The summed E-state index contributed by atoms with van der Waals surface area (Å²) in [4.78, 5) is 10.6. The van der Waals surface area contributed by atoms with E-state index < -0.39 is 0 Å². The molecule has 1 fully saturated rings. The average Bonchev–Trinajstić information content (AvgIpc) is 3.47. The standard InChI is InChI=1S/C23H28N2O/c1-4-5-6-7-17(2)23(19-10-11-19)22-13-12-20-14-18(16-25(3)24-26)8-9-21(20)15-22/h5-6,8-9,12-15,19H,4,7,10-11,16H2,1-3H3/b6-5-,23-17+. The third-order valence-corrected chi connectivity index (χ3v) is 5.04. The minimum atomic E-state index is 0.539. The molecule has 2 aromatic carbocycles. The first-order valence-electron chi connectivity index (χ1n) is 9.54. The number of nitrogens with zero attached hydrogens (tertiary/aromatic N) is 2. The van der Waals surface area contributed by atoms with Crippen LogP contribution in [0.1, 0.15) is 50.7 Å². The molecule has 0 aliphatic heterocycles. The van der Waals surface area contributed by atoms with E-state index >= 15 is 0 Å². The second kappa shape index (κ2) is 8.31. The Morgan fingerprint density at radius 2 is 1.88 bits per heavy atom. The molecule has 0 aromatic heterocycles. The summed E-state index contributed by atoms with van der Waals surface area (Å²) in [6.45, 7) is 5.00. The van der Waals surface area contributed by atoms with Crippen LogP contribution in [0.5, 0.6) is 0 Å². The van der Waals surface area contributed by atoms with Gasteiger partial charge in [0.05, 0.1) is 11.8 Å². The van der Waals surface area contributed by atoms with Gasteiger partial charge in [-0.2, -0.15) is 0 Å². The van der Waals surface area contributed by atoms with Gasteiger partial charge in [-0.3, -0.25) is 5.01 Å². The van der Waals surface area contributed by atoms with E-state index in [4.69, 9.17) is 0 Å². The first-order chi connectivity index (χ1) is 12.6. The summed E-state index contributed by atoms with van der Waals surface area (Å²) in [6, 6.07) is 13.2. The van der Waals surface area contributed by atoms with E-state index in [-0.39, 0.29) is 0 Å². The molecule has 3 rings (SSSR count). The van der Waals surface area contributed by atoms with Crippen LogP contribution in [0.25, 0.3) is 16.3 Å². The SMILES string of the molecule is CC/C=C\C/C(C)=C(/c1ccc2cc(CN(C)N=O)ccc2c1)C1CC1. The zero-order valence-corrected chi connectivity index (χ0v) is 16.0. The highest BCUT2D eigenvalue weighted by Crippen LogP contribution is 2.44. The van der Waals surface area contributed by atoms with E-state index in [1.165, 1.54) is 39.8 Å². The number of allylic oxidation sites excluding steroid dienone is 4. The van der Waals surface area contributed by atoms with Crippen molar-refractivity contribution in [3.8, 4) is 0 Å². The zero-order chi connectivity index (χ0) is 18.5. The monoisotopic (exact) mass is 348 g/mol. The van der Waals surface area contributed by atoms with Gasteiger partial charge in [0, 0.05) is 7.05 Å². The Labute approximate surface area is 156 Å². The lowest BCUT2D eigenvalue weighted by Gasteiger charge is -2.13. The Balaban J connectivity index is 1.91. The first kappa shape index (κ1) is 18.4. The molecule has 3 nitrogen and oxygen atoms in total. The maximum Gasteiger partial charge on any atom is 0.0639 e. The number of fused-ring (bicyclic) bond motifs is 1. The highest BCUT2D eigenvalue weighted by atomic mass is 16.3. The molecule has 1 aliphatic carbocycles. The van der Waals surface area contributed by atoms with Crippen LogP contribution in [0.4, 0.5) is 0 Å². The fraction of sp³-hybridized carbons (Fsp3) is 0.391. The number of rotatable bonds is 8. The molecule has 0 bridgehead atoms. The zero-order valence-electron chi connectivity index (χ0n) is 16.0. The van der Waals surface area contributed by atoms with E-state index in [0.717, 1.165) is 24.3 Å². The van der Waals surface area contributed by atoms with Gasteiger partial charge in [0.25, 0.3) is 0 Å². The third kappa shape index (κ3) is 4.40. The Hall–Kier alpha value is -2.42. The Bertz CT molecular complexity index is 846. The summed E-state index contributed by atoms with van der Waals surface area (Å²) in [5.74, 6) is 0.731. The predicted octanol–water partition coefficient (Wildman–Crippen LogP) is 6.49. The van der Waals surface area contributed by atoms with E-state index in [0.29, 0.717) is 6.54 Å². The maximum absolute atomic E-state index is 10.6. The largest absolute Gasteiger partial charge is 0.260 e. The molecule has 2 aromatic rings. The second-order valence-electron chi connectivity index (χ2n) is 7.35. The Kier molecular flexibility index (Phi) is 5.87. The van der Waals surface area contributed by atoms with Crippen LogP contribution in [-0.2, 0) is 6.54 Å². The average molecular weight is 348 g/mol. The van der Waals surface area contributed by atoms with Crippen LogP contribution in [0, 0.1) is 10.8 Å². The molecule has 0 spiro atoms. The van der Waals surface area contributed by atoms with Gasteiger partial charge in [0.1, 0.15) is 0 Å². The number of hydrogen-bond donors (Lipinski definition) is 0. The highest BCUT2D eigenvalue weighted by molar-refractivity contribution is 5.88. The summed E-state index contributed by atoms with van der Waals surface area (Å²) in [7, 11) is 1.70. The van der Waals surface area contributed by atoms with E-state index in [2.05, 4.69) is 67.7 Å². The minimum Gasteiger partial charge on any atom is -0.260 e. The van der Waals surface area contributed by atoms with Crippen molar-refractivity contribution in [3.63, 3.8) is 0 Å². The lowest BCUT2D eigenvalue weighted by molar-refractivity contribution is 0.342. The topological polar surface area (TPSA) is 32.7 Å². The first-order valence-corrected chi connectivity index (χ1v) is 9.54. The summed E-state index contributed by atoms with van der Waals surface area (Å²) >= 11 is 0. The Morgan fingerprint density at radius 1 is 1.15 bits per heavy atom. The van der Waals surface area contributed by atoms with Gasteiger partial charge < -0.3 is 0 Å². The van der Waals surface area contributed by atoms with Crippen LogP contribution >= 0.6 is 0 Å². The van der Waals surface area contributed by atoms with Crippen molar-refractivity contribution in [2.45, 2.75) is 46.1 Å². The van der Waals surface area contributed by atoms with Gasteiger partial charge in [0.2, 0.25) is 0 Å². The molecule has 0 atom stereocenters. The summed E-state index contributed by atoms with van der Waals surface area (Å²) in [5, 5.41) is 6.83. The maximum atomic E-state index is 10.6. The second-order valence-corrected chi connectivity index (χ2v) is 7.35. The summed E-state index contributed by atoms with van der Waals surface area (Å²) in [5.41, 5.74) is 5.50. The van der Waals surface area contributed by atoms with Crippen molar-refractivity contribution in [1.29, 1.82) is 0 Å². The van der Waals surface area contributed by atoms with Gasteiger partial charge >= 0.3 is 0 Å². The van der Waals surface area contributed by atoms with Gasteiger partial charge in [-0.1, -0.05) is 48.9 Å². The third-order valence-electron chi connectivity index (χ3n) is 5.04. The molecular weight excluding hydrogens is 320 g/mol. The molecule has 1 aliphatic rings. The van der Waals surface area contributed by atoms with Crippen molar-refractivity contribution in [3.05, 3.63) is 70.2 Å². The lowest BCUT2D eigenvalue weighted by atomic mass is 9.92. The van der Waals surface area contributed by atoms with Crippen molar-refractivity contribution in [1.82, 2.24) is 5.01 Å². The van der Waals surface area contributed by atoms with Crippen molar-refractivity contribution in [2.24, 2.45) is 11.2 Å². The van der Waals surface area contributed by atoms with Gasteiger partial charge in [-0.05, 0) is 78.1 Å². The molecule has 0 amide bonds. The number of hydrogen-bond acceptors (Lipinski definition) is 2. The smallest absolute Gasteiger partial charge is 0.0639 e. The molecule has 26 heavy (non-hydrogen) atoms. The van der Waals surface area contributed by atoms with Crippen LogP contribution in [-0.4, -0.2) is 12.1 Å². The van der Waals surface area contributed by atoms with Crippen molar-refractivity contribution >= 4 is 16.3 Å². The quantitative estimate of drug-likeness (QED) is 0.310. The predicted molar refractivity (Wildman–Crippen MR) is 111 cm³/mol. The minimum absolute atomic E-state index is 0.539. The number of benzene rings is 2. The molecule has 1 saturated carbocycles. The summed E-state index contributed by atoms with van der Waals surface area (Å²) < 4.78 is 0. The van der Waals surface area contributed by atoms with Gasteiger partial charge in [0.15, 0.2) is 0 Å². The van der Waals surface area contributed by atoms with Crippen LogP contribution in [0.2, 0.25) is 0 Å². The molecule has 136 valence electrons. The fourth-order valence-electron chi connectivity index (χ4n) is 3.59. The Morgan fingerprint density at radius 3 is 2.58 bits per heavy atom. The fourth-order valence-corrected chi connectivity index (χ4v) is 3.59. The number of nitroso groups, excluding NO2 is 1. The molecule has 0 N–H and O–H groups in total. The van der Waals surface area contributed by atoms with Crippen LogP contribution in [0.15, 0.2) is 59.4 Å². The molecule has 0 heterocycles. The van der Waals surface area contributed by atoms with E-state index in [1.54, 1.807) is 12.6 Å². The normalized spacial score (nSPS) is 15.3. The van der Waals surface area contributed by atoms with Crippen LogP contribution in [0.3, 0.4) is 0 Å². The molecular formula is C23H28N2O. The molecule has 0 saturated heterocycles. The molecule has 0 unspecified atom stereocenters. The molecule has 3 heteroatoms. The lowest BCUT2D eigenvalue weighted by Crippen LogP contribution is -2.08. The van der Waals surface area contributed by atoms with Crippen molar-refractivity contribution < 1.29 is 0 Å². The summed E-state index contributed by atoms with van der Waals surface area (Å²) in [6.07, 6.45) is 9.31. The van der Waals surface area contributed by atoms with Gasteiger partial charge in [-0.15, -0.1) is 4.91 Å². The van der Waals surface area contributed by atoms with E-state index in [9.17, 15) is 4.91 Å². The van der Waals surface area contributed by atoms with Crippen LogP contribution < -0.4 is 0 Å². The van der Waals surface area contributed by atoms with Crippen molar-refractivity contribution in [2.75, 3.05) is 7.05 Å². The van der Waals surface area contributed by atoms with Gasteiger partial charge in [-0.25, -0.2) is 0 Å². The van der Waals surface area contributed by atoms with E-state index in [1.807, 2.05) is 0 Å². The molecule has 0 radical (unpaired) electrons. The highest BCUT2D eigenvalue weighted by Gasteiger charge is 2.28.